The van der Waals surface area contributed by atoms with Crippen LogP contribution in [0.2, 0.25) is 0 Å². The maximum absolute atomic E-state index is 9.65. The first kappa shape index (κ1) is 14.4. The van der Waals surface area contributed by atoms with Gasteiger partial charge in [0.15, 0.2) is 0 Å². The van der Waals surface area contributed by atoms with Crippen molar-refractivity contribution in [1.82, 2.24) is 0 Å². The molecule has 0 aliphatic rings. The number of aliphatic hydroxyl groups excluding tert-OH is 1. The molecule has 6 heteroatoms. The highest BCUT2D eigenvalue weighted by Crippen LogP contribution is 1.82. The van der Waals surface area contributed by atoms with Crippen LogP contribution in [0.25, 0.3) is 0 Å². The average Bonchev–Trinajstić information content (AvgIpc) is 2.03. The second kappa shape index (κ2) is 8.95. The van der Waals surface area contributed by atoms with Crippen LogP contribution in [0.3, 0.4) is 0 Å². The minimum Gasteiger partial charge on any atom is -0.481 e. The van der Waals surface area contributed by atoms with E-state index < -0.39 is 24.6 Å². The predicted octanol–water partition coefficient (Wildman–Crippen LogP) is -0.738. The van der Waals surface area contributed by atoms with E-state index in [1.165, 1.54) is 0 Å². The van der Waals surface area contributed by atoms with E-state index in [1.54, 1.807) is 0 Å². The van der Waals surface area contributed by atoms with Gasteiger partial charge in [-0.15, -0.1) is 0 Å². The number of carboxylic acid groups (broad SMARTS) is 2. The van der Waals surface area contributed by atoms with Crippen LogP contribution in [-0.2, 0) is 9.59 Å². The van der Waals surface area contributed by atoms with Crippen LogP contribution in [0.15, 0.2) is 0 Å². The molecule has 1 unspecified atom stereocenters. The van der Waals surface area contributed by atoms with Gasteiger partial charge in [-0.05, 0) is 6.42 Å². The van der Waals surface area contributed by atoms with Gasteiger partial charge in [0.2, 0.25) is 0 Å². The van der Waals surface area contributed by atoms with Gasteiger partial charge in [0.25, 0.3) is 0 Å². The van der Waals surface area contributed by atoms with Crippen LogP contribution >= 0.6 is 0 Å². The highest BCUT2D eigenvalue weighted by molar-refractivity contribution is 5.73. The molecule has 0 saturated carbocycles. The van der Waals surface area contributed by atoms with Crippen LogP contribution < -0.4 is 5.73 Å². The monoisotopic (exact) mass is 193 g/mol. The van der Waals surface area contributed by atoms with Crippen molar-refractivity contribution in [3.05, 3.63) is 0 Å². The lowest BCUT2D eigenvalue weighted by molar-refractivity contribution is -0.139. The Kier molecular flexibility index (Phi) is 9.91. The van der Waals surface area contributed by atoms with Gasteiger partial charge >= 0.3 is 11.9 Å². The van der Waals surface area contributed by atoms with Crippen molar-refractivity contribution in [2.24, 2.45) is 5.73 Å². The number of aliphatic carboxylic acids is 2. The molecule has 0 aromatic heterocycles. The molecule has 0 heterocycles. The summed E-state index contributed by atoms with van der Waals surface area (Å²) in [5, 5.41) is 23.8. The maximum atomic E-state index is 9.65. The molecule has 0 aromatic rings. The fourth-order valence-electron chi connectivity index (χ4n) is 0.292. The Morgan fingerprint density at radius 2 is 1.85 bits per heavy atom. The van der Waals surface area contributed by atoms with Gasteiger partial charge in [-0.2, -0.15) is 0 Å². The molecule has 0 fully saturated rings. The molecule has 0 spiro atoms. The largest absolute Gasteiger partial charge is 0.481 e. The Balaban J connectivity index is 0. The third kappa shape index (κ3) is 13.8. The topological polar surface area (TPSA) is 121 Å². The lowest BCUT2D eigenvalue weighted by Gasteiger charge is -1.96. The molecule has 0 radical (unpaired) electrons. The lowest BCUT2D eigenvalue weighted by Crippen LogP contribution is -2.33. The molecular weight excluding hydrogens is 178 g/mol. The lowest BCUT2D eigenvalue weighted by atomic mass is 10.3. The molecule has 78 valence electrons. The zero-order valence-electron chi connectivity index (χ0n) is 7.43. The molecule has 0 amide bonds. The van der Waals surface area contributed by atoms with E-state index in [0.29, 0.717) is 6.42 Å². The van der Waals surface area contributed by atoms with Crippen LogP contribution in [0.5, 0.6) is 0 Å². The highest BCUT2D eigenvalue weighted by atomic mass is 16.4. The minimum absolute atomic E-state index is 0.292. The third-order valence-corrected chi connectivity index (χ3v) is 0.978. The van der Waals surface area contributed by atoms with Gasteiger partial charge in [0, 0.05) is 6.42 Å². The molecule has 5 N–H and O–H groups in total. The molecule has 1 atom stereocenters. The highest BCUT2D eigenvalue weighted by Gasteiger charge is 2.06. The fourth-order valence-corrected chi connectivity index (χ4v) is 0.292. The molecule has 0 bridgehead atoms. The van der Waals surface area contributed by atoms with Crippen molar-refractivity contribution in [1.29, 1.82) is 0 Å². The second-order valence-corrected chi connectivity index (χ2v) is 2.27. The van der Waals surface area contributed by atoms with Crippen LogP contribution in [-0.4, -0.2) is 39.9 Å². The standard InChI is InChI=1S/C4H8O2.C3H7NO3/c1-2-3-4(5)6;4-2(1-5)3(6)7/h2-3H2,1H3,(H,5,6);2,5H,1,4H2,(H,6,7). The fraction of sp³-hybridized carbons (Fsp3) is 0.714. The smallest absolute Gasteiger partial charge is 0.322 e. The number of rotatable bonds is 4. The minimum atomic E-state index is -1.18. The predicted molar refractivity (Wildman–Crippen MR) is 45.2 cm³/mol. The number of hydrogen-bond donors (Lipinski definition) is 4. The normalized spacial score (nSPS) is 11.0. The van der Waals surface area contributed by atoms with Gasteiger partial charge in [-0.1, -0.05) is 6.92 Å². The second-order valence-electron chi connectivity index (χ2n) is 2.27. The Morgan fingerprint density at radius 3 is 1.85 bits per heavy atom. The summed E-state index contributed by atoms with van der Waals surface area (Å²) in [6, 6.07) is -1.13. The molecule has 13 heavy (non-hydrogen) atoms. The average molecular weight is 193 g/mol. The quantitative estimate of drug-likeness (QED) is 0.466. The van der Waals surface area contributed by atoms with Crippen molar-refractivity contribution in [3.63, 3.8) is 0 Å². The zero-order valence-corrected chi connectivity index (χ0v) is 7.43. The van der Waals surface area contributed by atoms with Gasteiger partial charge in [-0.25, -0.2) is 0 Å². The molecule has 0 aromatic carbocycles. The zero-order chi connectivity index (χ0) is 10.9. The maximum Gasteiger partial charge on any atom is 0.322 e. The summed E-state index contributed by atoms with van der Waals surface area (Å²) in [6.07, 6.45) is 1.02. The van der Waals surface area contributed by atoms with Gasteiger partial charge < -0.3 is 21.1 Å². The molecule has 6 nitrogen and oxygen atoms in total. The van der Waals surface area contributed by atoms with E-state index in [9.17, 15) is 9.59 Å². The third-order valence-electron chi connectivity index (χ3n) is 0.978. The van der Waals surface area contributed by atoms with Crippen molar-refractivity contribution >= 4 is 11.9 Å². The number of aliphatic hydroxyl groups is 1. The van der Waals surface area contributed by atoms with Crippen molar-refractivity contribution < 1.29 is 24.9 Å². The molecular formula is C7H15NO5. The van der Waals surface area contributed by atoms with Gasteiger partial charge in [0.1, 0.15) is 6.04 Å². The first-order valence-electron chi connectivity index (χ1n) is 3.76. The van der Waals surface area contributed by atoms with E-state index >= 15 is 0 Å². The number of hydrogen-bond acceptors (Lipinski definition) is 4. The summed E-state index contributed by atoms with van der Waals surface area (Å²) in [6.45, 7) is 1.34. The Hall–Kier alpha value is -1.14. The number of carbonyl (C=O) groups is 2. The summed E-state index contributed by atoms with van der Waals surface area (Å²) in [5.74, 6) is -1.89. The summed E-state index contributed by atoms with van der Waals surface area (Å²) in [4.78, 5) is 19.2. The van der Waals surface area contributed by atoms with Gasteiger partial charge in [0.05, 0.1) is 6.61 Å². The summed E-state index contributed by atoms with van der Waals surface area (Å²) in [7, 11) is 0. The van der Waals surface area contributed by atoms with Crippen molar-refractivity contribution in [3.8, 4) is 0 Å². The Labute approximate surface area is 76.0 Å². The molecule has 0 rings (SSSR count). The first-order chi connectivity index (χ1) is 5.95. The van der Waals surface area contributed by atoms with Crippen molar-refractivity contribution in [2.75, 3.05) is 6.61 Å². The SMILES string of the molecule is CCCC(=O)O.NC(CO)C(=O)O. The molecule has 0 aliphatic heterocycles. The van der Waals surface area contributed by atoms with E-state index in [0.717, 1.165) is 6.42 Å². The molecule has 0 aliphatic carbocycles. The number of nitrogens with two attached hydrogens (primary N) is 1. The summed E-state index contributed by atoms with van der Waals surface area (Å²) < 4.78 is 0. The van der Waals surface area contributed by atoms with Crippen LogP contribution in [0.1, 0.15) is 19.8 Å². The molecule has 0 saturated heterocycles. The van der Waals surface area contributed by atoms with Crippen LogP contribution in [0, 0.1) is 0 Å². The van der Waals surface area contributed by atoms with Crippen molar-refractivity contribution in [2.45, 2.75) is 25.8 Å². The summed E-state index contributed by atoms with van der Waals surface area (Å²) >= 11 is 0. The van der Waals surface area contributed by atoms with E-state index in [2.05, 4.69) is 0 Å². The van der Waals surface area contributed by atoms with Gasteiger partial charge in [-0.3, -0.25) is 9.59 Å². The first-order valence-corrected chi connectivity index (χ1v) is 3.76. The van der Waals surface area contributed by atoms with Crippen LogP contribution in [0.4, 0.5) is 0 Å². The Bertz CT molecular complexity index is 159. The van der Waals surface area contributed by atoms with E-state index in [1.807, 2.05) is 6.92 Å². The van der Waals surface area contributed by atoms with E-state index in [-0.39, 0.29) is 0 Å². The van der Waals surface area contributed by atoms with E-state index in [4.69, 9.17) is 21.1 Å². The Morgan fingerprint density at radius 1 is 1.38 bits per heavy atom. The number of carboxylic acids is 2. The summed E-state index contributed by atoms with van der Waals surface area (Å²) in [5.41, 5.74) is 4.77.